The lowest BCUT2D eigenvalue weighted by Crippen LogP contribution is -2.58. The minimum absolute atomic E-state index is 0.00408. The number of hydrogen-bond acceptors (Lipinski definition) is 2. The third-order valence-electron chi connectivity index (χ3n) is 15.8. The van der Waals surface area contributed by atoms with Gasteiger partial charge in [0.25, 0.3) is 13.4 Å². The standard InChI is InChI=1S/C62H48B2O2/c1-29-11-13-47-51(21-29)65-53-23-33(5)19-45-41-25-40(56-37(9)17-32(4)18-38(56)10)44-28-50-58-42(46-20-34(6)24-54-62(46)64(50)48-14-12-30(2)22-52(48)66-54)26-39(55-35(7)15-31(3)16-36(55)8)43-27-49(63(47)61(45)53)57(41)59(44)60(43)58/h11-28H,1-10H3. The Balaban J connectivity index is 1.27. The molecule has 314 valence electrons. The Hall–Kier alpha value is -7.03. The van der Waals surface area contributed by atoms with Crippen LogP contribution < -0.4 is 42.3 Å². The van der Waals surface area contributed by atoms with E-state index in [1.807, 2.05) is 0 Å². The fraction of sp³-hybridized carbons (Fsp3) is 0.161. The molecule has 2 nitrogen and oxygen atoms in total. The van der Waals surface area contributed by atoms with Crippen LogP contribution in [0.3, 0.4) is 0 Å². The summed E-state index contributed by atoms with van der Waals surface area (Å²) >= 11 is 0. The van der Waals surface area contributed by atoms with Crippen molar-refractivity contribution in [2.24, 2.45) is 0 Å². The summed E-state index contributed by atoms with van der Waals surface area (Å²) in [5, 5.41) is 8.14. The van der Waals surface area contributed by atoms with E-state index in [0.717, 1.165) is 23.0 Å². The van der Waals surface area contributed by atoms with Crippen LogP contribution in [0.15, 0.2) is 109 Å². The van der Waals surface area contributed by atoms with Gasteiger partial charge in [0.15, 0.2) is 0 Å². The number of rotatable bonds is 2. The van der Waals surface area contributed by atoms with Gasteiger partial charge in [0.05, 0.1) is 0 Å². The van der Waals surface area contributed by atoms with E-state index in [1.165, 1.54) is 165 Å². The molecule has 0 aliphatic carbocycles. The van der Waals surface area contributed by atoms with Gasteiger partial charge in [-0.15, -0.1) is 0 Å². The average Bonchev–Trinajstić information content (AvgIpc) is 3.25. The van der Waals surface area contributed by atoms with Gasteiger partial charge in [-0.25, -0.2) is 0 Å². The molecule has 0 atom stereocenters. The fourth-order valence-corrected chi connectivity index (χ4v) is 13.6. The Morgan fingerprint density at radius 2 is 0.652 bits per heavy atom. The highest BCUT2D eigenvalue weighted by atomic mass is 16.5. The molecule has 4 aliphatic heterocycles. The molecule has 4 heteroatoms. The first-order valence-electron chi connectivity index (χ1n) is 23.7. The highest BCUT2D eigenvalue weighted by Gasteiger charge is 2.44. The van der Waals surface area contributed by atoms with Gasteiger partial charge in [-0.3, -0.25) is 0 Å². The number of fused-ring (bicyclic) bond motifs is 8. The van der Waals surface area contributed by atoms with E-state index < -0.39 is 0 Å². The van der Waals surface area contributed by atoms with Gasteiger partial charge in [0.1, 0.15) is 23.0 Å². The molecule has 0 saturated carbocycles. The average molecular weight is 847 g/mol. The molecule has 10 aromatic rings. The van der Waals surface area contributed by atoms with Crippen molar-refractivity contribution in [3.05, 3.63) is 165 Å². The van der Waals surface area contributed by atoms with Crippen molar-refractivity contribution in [2.45, 2.75) is 69.2 Å². The summed E-state index contributed by atoms with van der Waals surface area (Å²) < 4.78 is 14.0. The quantitative estimate of drug-likeness (QED) is 0.127. The molecule has 0 N–H and O–H groups in total. The second-order valence-corrected chi connectivity index (χ2v) is 20.6. The summed E-state index contributed by atoms with van der Waals surface area (Å²) in [6.45, 7) is 22.5. The molecular weight excluding hydrogens is 798 g/mol. The van der Waals surface area contributed by atoms with Gasteiger partial charge < -0.3 is 9.47 Å². The molecular formula is C62H48B2O2. The normalized spacial score (nSPS) is 13.5. The Kier molecular flexibility index (Phi) is 7.45. The third kappa shape index (κ3) is 4.89. The summed E-state index contributed by atoms with van der Waals surface area (Å²) in [6, 6.07) is 43.0. The van der Waals surface area contributed by atoms with Crippen LogP contribution in [0.2, 0.25) is 0 Å². The summed E-state index contributed by atoms with van der Waals surface area (Å²) in [6.07, 6.45) is 0. The van der Waals surface area contributed by atoms with Crippen molar-refractivity contribution in [3.63, 3.8) is 0 Å². The van der Waals surface area contributed by atoms with Crippen LogP contribution in [0.1, 0.15) is 55.6 Å². The zero-order valence-electron chi connectivity index (χ0n) is 39.4. The lowest BCUT2D eigenvalue weighted by Gasteiger charge is -2.38. The second kappa shape index (κ2) is 12.9. The van der Waals surface area contributed by atoms with Crippen LogP contribution in [0.5, 0.6) is 23.0 Å². The first kappa shape index (κ1) is 38.3. The van der Waals surface area contributed by atoms with Crippen LogP contribution >= 0.6 is 0 Å². The van der Waals surface area contributed by atoms with Gasteiger partial charge >= 0.3 is 0 Å². The van der Waals surface area contributed by atoms with Crippen LogP contribution in [-0.4, -0.2) is 13.4 Å². The molecule has 0 unspecified atom stereocenters. The second-order valence-electron chi connectivity index (χ2n) is 20.6. The van der Waals surface area contributed by atoms with Gasteiger partial charge in [-0.1, -0.05) is 94.8 Å². The molecule has 0 spiro atoms. The van der Waals surface area contributed by atoms with Crippen molar-refractivity contribution in [1.82, 2.24) is 0 Å². The van der Waals surface area contributed by atoms with Gasteiger partial charge in [-0.2, -0.15) is 0 Å². The summed E-state index contributed by atoms with van der Waals surface area (Å²) in [5.74, 6) is 3.87. The maximum Gasteiger partial charge on any atom is 0.252 e. The van der Waals surface area contributed by atoms with Crippen molar-refractivity contribution in [2.75, 3.05) is 0 Å². The zero-order valence-corrected chi connectivity index (χ0v) is 39.4. The Labute approximate surface area is 387 Å². The van der Waals surface area contributed by atoms with Crippen molar-refractivity contribution >= 4 is 78.5 Å². The summed E-state index contributed by atoms with van der Waals surface area (Å²) in [7, 11) is 0. The van der Waals surface area contributed by atoms with Gasteiger partial charge in [0.2, 0.25) is 0 Å². The number of hydrogen-bond donors (Lipinski definition) is 0. The van der Waals surface area contributed by atoms with Gasteiger partial charge in [-0.05, 0) is 249 Å². The van der Waals surface area contributed by atoms with Crippen LogP contribution in [0.25, 0.3) is 76.8 Å². The summed E-state index contributed by atoms with van der Waals surface area (Å²) in [5.41, 5.74) is 30.8. The minimum Gasteiger partial charge on any atom is -0.458 e. The Morgan fingerprint density at radius 3 is 1.05 bits per heavy atom. The molecule has 10 aromatic carbocycles. The van der Waals surface area contributed by atoms with Crippen LogP contribution in [0, 0.1) is 69.2 Å². The molecule has 0 aromatic heterocycles. The first-order valence-corrected chi connectivity index (χ1v) is 23.7. The lowest BCUT2D eigenvalue weighted by molar-refractivity contribution is 0.486. The van der Waals surface area contributed by atoms with Gasteiger partial charge in [0, 0.05) is 0 Å². The predicted octanol–water partition coefficient (Wildman–Crippen LogP) is 12.2. The summed E-state index contributed by atoms with van der Waals surface area (Å²) in [4.78, 5) is 0. The Morgan fingerprint density at radius 1 is 0.288 bits per heavy atom. The number of benzene rings is 10. The SMILES string of the molecule is Cc1cc(C)c(-c2cc3c4c(cc5c(-c6c(C)cc(C)cc6C)cc6c7c(cc2c4c57)B2c4ccc(C)cc4Oc4cc(C)cc-6c42)B2c4ccc(C)cc4Oc4cc(C)cc-3c42)c(C)c1. The molecule has 66 heavy (non-hydrogen) atoms. The Bertz CT molecular complexity index is 3640. The van der Waals surface area contributed by atoms with Crippen LogP contribution in [0.4, 0.5) is 0 Å². The number of ether oxygens (including phenoxy) is 2. The molecule has 14 rings (SSSR count). The molecule has 0 fully saturated rings. The molecule has 0 bridgehead atoms. The highest BCUT2D eigenvalue weighted by molar-refractivity contribution is 7.01. The van der Waals surface area contributed by atoms with Crippen molar-refractivity contribution < 1.29 is 9.47 Å². The van der Waals surface area contributed by atoms with Crippen LogP contribution in [-0.2, 0) is 0 Å². The minimum atomic E-state index is 0.00408. The molecule has 0 amide bonds. The van der Waals surface area contributed by atoms with E-state index in [2.05, 4.69) is 178 Å². The fourth-order valence-electron chi connectivity index (χ4n) is 13.6. The topological polar surface area (TPSA) is 18.5 Å². The van der Waals surface area contributed by atoms with E-state index >= 15 is 0 Å². The maximum absolute atomic E-state index is 6.99. The first-order chi connectivity index (χ1) is 31.8. The number of aryl methyl sites for hydroxylation is 10. The zero-order chi connectivity index (χ0) is 44.9. The smallest absolute Gasteiger partial charge is 0.252 e. The lowest BCUT2D eigenvalue weighted by atomic mass is 9.31. The highest BCUT2D eigenvalue weighted by Crippen LogP contribution is 2.52. The largest absolute Gasteiger partial charge is 0.458 e. The molecule has 0 radical (unpaired) electrons. The van der Waals surface area contributed by atoms with E-state index in [-0.39, 0.29) is 13.4 Å². The predicted molar refractivity (Wildman–Crippen MR) is 282 cm³/mol. The molecule has 4 aliphatic rings. The van der Waals surface area contributed by atoms with E-state index in [9.17, 15) is 0 Å². The molecule has 4 heterocycles. The monoisotopic (exact) mass is 846 g/mol. The van der Waals surface area contributed by atoms with E-state index in [0.29, 0.717) is 0 Å². The van der Waals surface area contributed by atoms with E-state index in [4.69, 9.17) is 9.47 Å². The van der Waals surface area contributed by atoms with Crippen molar-refractivity contribution in [3.8, 4) is 67.5 Å². The maximum atomic E-state index is 6.99. The van der Waals surface area contributed by atoms with Crippen molar-refractivity contribution in [1.29, 1.82) is 0 Å². The van der Waals surface area contributed by atoms with E-state index in [1.54, 1.807) is 0 Å². The third-order valence-corrected chi connectivity index (χ3v) is 15.8. The molecule has 0 saturated heterocycles.